The van der Waals surface area contributed by atoms with Gasteiger partial charge in [-0.1, -0.05) is 40.9 Å². The van der Waals surface area contributed by atoms with Crippen LogP contribution < -0.4 is 5.32 Å². The first-order chi connectivity index (χ1) is 14.3. The van der Waals surface area contributed by atoms with E-state index in [0.717, 1.165) is 18.4 Å². The summed E-state index contributed by atoms with van der Waals surface area (Å²) in [5.41, 5.74) is 1.38. The van der Waals surface area contributed by atoms with Gasteiger partial charge in [-0.3, -0.25) is 14.2 Å². The van der Waals surface area contributed by atoms with Gasteiger partial charge in [0.15, 0.2) is 0 Å². The van der Waals surface area contributed by atoms with Crippen LogP contribution in [0.1, 0.15) is 42.1 Å². The van der Waals surface area contributed by atoms with Crippen LogP contribution in [0.25, 0.3) is 0 Å². The summed E-state index contributed by atoms with van der Waals surface area (Å²) in [7, 11) is 0. The number of carbonyl (C=O) groups is 1. The van der Waals surface area contributed by atoms with Gasteiger partial charge in [-0.2, -0.15) is 10.2 Å². The van der Waals surface area contributed by atoms with E-state index in [-0.39, 0.29) is 17.5 Å². The highest BCUT2D eigenvalue weighted by atomic mass is 35.5. The Labute approximate surface area is 185 Å². The number of nitrogens with zero attached hydrogens (tertiary/aromatic N) is 4. The van der Waals surface area contributed by atoms with Crippen molar-refractivity contribution < 1.29 is 13.6 Å². The van der Waals surface area contributed by atoms with E-state index in [2.05, 4.69) is 15.5 Å². The number of benzene rings is 1. The lowest BCUT2D eigenvalue weighted by molar-refractivity contribution is -0.117. The molecule has 0 spiro atoms. The summed E-state index contributed by atoms with van der Waals surface area (Å²) in [5, 5.41) is 11.6. The number of carbonyl (C=O) groups excluding carboxylic acids is 1. The predicted molar refractivity (Wildman–Crippen MR) is 111 cm³/mol. The van der Waals surface area contributed by atoms with Gasteiger partial charge in [-0.15, -0.1) is 0 Å². The average Bonchev–Trinajstić information content (AvgIpc) is 3.33. The summed E-state index contributed by atoms with van der Waals surface area (Å²) < 4.78 is 29.2. The second-order valence-corrected chi connectivity index (χ2v) is 8.23. The molecule has 6 nitrogen and oxygen atoms in total. The molecule has 4 rings (SSSR count). The minimum atomic E-state index is -2.79. The van der Waals surface area contributed by atoms with Crippen molar-refractivity contribution in [3.05, 3.63) is 62.6 Å². The lowest BCUT2D eigenvalue weighted by Crippen LogP contribution is -2.20. The van der Waals surface area contributed by atoms with E-state index in [1.54, 1.807) is 23.0 Å². The second kappa shape index (κ2) is 8.53. The topological polar surface area (TPSA) is 64.7 Å². The van der Waals surface area contributed by atoms with E-state index in [9.17, 15) is 13.6 Å². The molecule has 1 N–H and O–H groups in total. The van der Waals surface area contributed by atoms with Crippen molar-refractivity contribution in [3.63, 3.8) is 0 Å². The number of hydrogen-bond acceptors (Lipinski definition) is 3. The van der Waals surface area contributed by atoms with Crippen molar-refractivity contribution in [1.82, 2.24) is 19.6 Å². The molecule has 158 valence electrons. The van der Waals surface area contributed by atoms with Crippen LogP contribution in [0.3, 0.4) is 0 Å². The van der Waals surface area contributed by atoms with Crippen LogP contribution in [0.15, 0.2) is 30.6 Å². The molecule has 1 fully saturated rings. The van der Waals surface area contributed by atoms with Crippen molar-refractivity contribution in [3.8, 4) is 0 Å². The molecule has 2 aromatic heterocycles. The molecule has 30 heavy (non-hydrogen) atoms. The maximum atomic E-state index is 13.1. The first-order valence-electron chi connectivity index (χ1n) is 9.12. The van der Waals surface area contributed by atoms with Gasteiger partial charge in [0.05, 0.1) is 39.2 Å². The van der Waals surface area contributed by atoms with Crippen LogP contribution in [0.5, 0.6) is 0 Å². The molecule has 11 heteroatoms. The van der Waals surface area contributed by atoms with Crippen LogP contribution in [0.2, 0.25) is 15.1 Å². The summed E-state index contributed by atoms with van der Waals surface area (Å²) in [6.07, 6.45) is 2.05. The second-order valence-electron chi connectivity index (χ2n) is 7.04. The zero-order chi connectivity index (χ0) is 21.4. The highest BCUT2D eigenvalue weighted by Gasteiger charge is 2.34. The normalized spacial score (nSPS) is 13.8. The highest BCUT2D eigenvalue weighted by molar-refractivity contribution is 6.42. The van der Waals surface area contributed by atoms with E-state index in [1.807, 2.05) is 6.07 Å². The molecule has 1 amide bonds. The third-order valence-corrected chi connectivity index (χ3v) is 5.79. The van der Waals surface area contributed by atoms with Crippen LogP contribution in [0.4, 0.5) is 14.5 Å². The highest BCUT2D eigenvalue weighted by Crippen LogP contribution is 2.45. The Morgan fingerprint density at radius 3 is 2.67 bits per heavy atom. The van der Waals surface area contributed by atoms with Gasteiger partial charge >= 0.3 is 0 Å². The summed E-state index contributed by atoms with van der Waals surface area (Å²) >= 11 is 18.0. The van der Waals surface area contributed by atoms with E-state index in [0.29, 0.717) is 28.0 Å². The first kappa shape index (κ1) is 21.1. The number of hydrogen-bond donors (Lipinski definition) is 1. The van der Waals surface area contributed by atoms with Crippen LogP contribution in [-0.4, -0.2) is 25.5 Å². The molecule has 0 saturated heterocycles. The quantitative estimate of drug-likeness (QED) is 0.489. The van der Waals surface area contributed by atoms with Crippen LogP contribution in [-0.2, 0) is 17.9 Å². The summed E-state index contributed by atoms with van der Waals surface area (Å²) in [6, 6.07) is 5.27. The number of amides is 1. The molecule has 0 bridgehead atoms. The van der Waals surface area contributed by atoms with Crippen LogP contribution in [0, 0.1) is 0 Å². The Bertz CT molecular complexity index is 1090. The number of halogens is 5. The smallest absolute Gasteiger partial charge is 0.283 e. The largest absolute Gasteiger partial charge is 0.322 e. The standard InChI is InChI=1S/C19H16Cl3F2N5O/c20-13-4-1-10(5-14(13)21)7-28-8-12(6-25-28)26-15(30)9-29-18(11-2-3-11)16(22)17(27-29)19(23)24/h1,4-6,8,11,19H,2-3,7,9H2,(H,26,30). The Kier molecular flexibility index (Phi) is 5.99. The van der Waals surface area contributed by atoms with Gasteiger partial charge in [-0.05, 0) is 30.5 Å². The molecule has 3 aromatic rings. The van der Waals surface area contributed by atoms with Gasteiger partial charge in [0.1, 0.15) is 12.2 Å². The van der Waals surface area contributed by atoms with Crippen molar-refractivity contribution in [1.29, 1.82) is 0 Å². The minimum Gasteiger partial charge on any atom is -0.322 e. The molecule has 1 saturated carbocycles. The van der Waals surface area contributed by atoms with Crippen molar-refractivity contribution in [2.75, 3.05) is 5.32 Å². The molecule has 1 aromatic carbocycles. The van der Waals surface area contributed by atoms with E-state index in [1.165, 1.54) is 10.9 Å². The molecule has 0 radical (unpaired) electrons. The number of aromatic nitrogens is 4. The Hall–Kier alpha value is -2.16. The zero-order valence-corrected chi connectivity index (χ0v) is 17.7. The maximum absolute atomic E-state index is 13.1. The Morgan fingerprint density at radius 2 is 2.00 bits per heavy atom. The Balaban J connectivity index is 1.43. The van der Waals surface area contributed by atoms with Gasteiger partial charge in [0.2, 0.25) is 5.91 Å². The van der Waals surface area contributed by atoms with E-state index >= 15 is 0 Å². The SMILES string of the molecule is O=C(Cn1nc(C(F)F)c(Cl)c1C1CC1)Nc1cnn(Cc2ccc(Cl)c(Cl)c2)c1. The zero-order valence-electron chi connectivity index (χ0n) is 15.5. The number of alkyl halides is 2. The lowest BCUT2D eigenvalue weighted by atomic mass is 10.2. The Morgan fingerprint density at radius 1 is 1.23 bits per heavy atom. The average molecular weight is 475 g/mol. The number of rotatable bonds is 7. The fourth-order valence-corrected chi connectivity index (χ4v) is 3.85. The van der Waals surface area contributed by atoms with Gasteiger partial charge in [0.25, 0.3) is 6.43 Å². The van der Waals surface area contributed by atoms with Gasteiger partial charge in [-0.25, -0.2) is 8.78 Å². The molecule has 2 heterocycles. The monoisotopic (exact) mass is 473 g/mol. The van der Waals surface area contributed by atoms with E-state index in [4.69, 9.17) is 34.8 Å². The molecule has 0 atom stereocenters. The molecular weight excluding hydrogens is 459 g/mol. The first-order valence-corrected chi connectivity index (χ1v) is 10.3. The number of anilines is 1. The lowest BCUT2D eigenvalue weighted by Gasteiger charge is -2.07. The summed E-state index contributed by atoms with van der Waals surface area (Å²) in [5.74, 6) is -0.342. The fraction of sp³-hybridized carbons (Fsp3) is 0.316. The van der Waals surface area contributed by atoms with Crippen molar-refractivity contribution >= 4 is 46.4 Å². The molecule has 0 aliphatic heterocycles. The molecular formula is C19H16Cl3F2N5O. The fourth-order valence-electron chi connectivity index (χ4n) is 3.16. The predicted octanol–water partition coefficient (Wildman–Crippen LogP) is 5.54. The van der Waals surface area contributed by atoms with Crippen molar-refractivity contribution in [2.24, 2.45) is 0 Å². The third kappa shape index (κ3) is 4.61. The molecule has 1 aliphatic rings. The minimum absolute atomic E-state index is 0.0465. The third-order valence-electron chi connectivity index (χ3n) is 4.67. The molecule has 1 aliphatic carbocycles. The van der Waals surface area contributed by atoms with E-state index < -0.39 is 18.0 Å². The molecule has 0 unspecified atom stereocenters. The van der Waals surface area contributed by atoms with Crippen LogP contribution >= 0.6 is 34.8 Å². The number of nitrogens with one attached hydrogen (secondary N) is 1. The van der Waals surface area contributed by atoms with Gasteiger partial charge in [0, 0.05) is 12.1 Å². The maximum Gasteiger partial charge on any atom is 0.283 e. The summed E-state index contributed by atoms with van der Waals surface area (Å²) in [4.78, 5) is 12.4. The van der Waals surface area contributed by atoms with Crippen molar-refractivity contribution in [2.45, 2.75) is 38.3 Å². The van der Waals surface area contributed by atoms with Gasteiger partial charge < -0.3 is 5.32 Å². The summed E-state index contributed by atoms with van der Waals surface area (Å²) in [6.45, 7) is 0.224.